The van der Waals surface area contributed by atoms with Crippen LogP contribution < -0.4 is 10.5 Å². The number of hydrogen-bond donors (Lipinski definition) is 2. The Morgan fingerprint density at radius 2 is 2.10 bits per heavy atom. The fourth-order valence-electron chi connectivity index (χ4n) is 1.59. The highest BCUT2D eigenvalue weighted by atomic mass is 32.2. The van der Waals surface area contributed by atoms with Crippen molar-refractivity contribution in [1.29, 1.82) is 0 Å². The molecular formula is C14H13FN2O2S2. The van der Waals surface area contributed by atoms with E-state index in [1.807, 2.05) is 6.92 Å². The van der Waals surface area contributed by atoms with Gasteiger partial charge in [0, 0.05) is 4.88 Å². The number of nitrogens with two attached hydrogens (primary N) is 1. The fraction of sp³-hybridized carbons (Fsp3) is 0.143. The summed E-state index contributed by atoms with van der Waals surface area (Å²) in [6.45, 7) is 1.94. The molecule has 0 saturated carbocycles. The van der Waals surface area contributed by atoms with E-state index in [-0.39, 0.29) is 22.0 Å². The van der Waals surface area contributed by atoms with Crippen LogP contribution in [0, 0.1) is 24.6 Å². The van der Waals surface area contributed by atoms with E-state index in [1.54, 1.807) is 6.07 Å². The van der Waals surface area contributed by atoms with E-state index < -0.39 is 15.8 Å². The minimum absolute atomic E-state index is 0.131. The molecule has 0 aliphatic rings. The van der Waals surface area contributed by atoms with Gasteiger partial charge >= 0.3 is 0 Å². The zero-order valence-electron chi connectivity index (χ0n) is 11.2. The lowest BCUT2D eigenvalue weighted by Crippen LogP contribution is -2.11. The number of nitrogens with one attached hydrogen (secondary N) is 1. The van der Waals surface area contributed by atoms with Crippen molar-refractivity contribution in [1.82, 2.24) is 0 Å². The third-order valence-electron chi connectivity index (χ3n) is 2.53. The van der Waals surface area contributed by atoms with E-state index in [0.29, 0.717) is 0 Å². The number of anilines is 1. The molecule has 0 radical (unpaired) electrons. The van der Waals surface area contributed by atoms with Gasteiger partial charge in [0.1, 0.15) is 10.0 Å². The molecule has 1 heterocycles. The number of thiophene rings is 1. The number of rotatable bonds is 3. The first-order valence-corrected chi connectivity index (χ1v) is 8.30. The van der Waals surface area contributed by atoms with Crippen LogP contribution in [0.3, 0.4) is 0 Å². The summed E-state index contributed by atoms with van der Waals surface area (Å²) in [7, 11) is -3.69. The molecule has 3 N–H and O–H groups in total. The molecule has 0 unspecified atom stereocenters. The maximum absolute atomic E-state index is 13.8. The maximum Gasteiger partial charge on any atom is 0.271 e. The number of hydrogen-bond acceptors (Lipinski definition) is 4. The first-order chi connectivity index (χ1) is 9.92. The van der Waals surface area contributed by atoms with Gasteiger partial charge in [0.05, 0.1) is 17.8 Å². The zero-order chi connectivity index (χ0) is 15.5. The second kappa shape index (κ2) is 6.26. The van der Waals surface area contributed by atoms with Crippen molar-refractivity contribution in [3.63, 3.8) is 0 Å². The maximum atomic E-state index is 13.8. The molecule has 2 aromatic rings. The molecule has 21 heavy (non-hydrogen) atoms. The molecule has 1 aromatic carbocycles. The molecular weight excluding hydrogens is 311 g/mol. The lowest BCUT2D eigenvalue weighted by molar-refractivity contribution is 0.603. The summed E-state index contributed by atoms with van der Waals surface area (Å²) in [5.74, 6) is 4.52. The van der Waals surface area contributed by atoms with Crippen molar-refractivity contribution >= 4 is 27.0 Å². The van der Waals surface area contributed by atoms with Crippen LogP contribution in [0.25, 0.3) is 0 Å². The lowest BCUT2D eigenvalue weighted by atomic mass is 10.2. The van der Waals surface area contributed by atoms with Crippen LogP contribution in [-0.2, 0) is 10.0 Å². The Bertz CT molecular complexity index is 817. The summed E-state index contributed by atoms with van der Waals surface area (Å²) in [6.07, 6.45) is 0. The highest BCUT2D eigenvalue weighted by Crippen LogP contribution is 2.24. The van der Waals surface area contributed by atoms with Crippen LogP contribution in [0.2, 0.25) is 0 Å². The molecule has 110 valence electrons. The van der Waals surface area contributed by atoms with E-state index in [0.717, 1.165) is 22.3 Å². The highest BCUT2D eigenvalue weighted by Gasteiger charge is 2.16. The average Bonchev–Trinajstić information content (AvgIpc) is 2.85. The van der Waals surface area contributed by atoms with E-state index in [1.165, 1.54) is 18.2 Å². The van der Waals surface area contributed by atoms with Crippen molar-refractivity contribution < 1.29 is 12.8 Å². The van der Waals surface area contributed by atoms with Gasteiger partial charge in [0.15, 0.2) is 0 Å². The van der Waals surface area contributed by atoms with Gasteiger partial charge in [-0.05, 0) is 37.3 Å². The Balaban J connectivity index is 2.26. The smallest absolute Gasteiger partial charge is 0.271 e. The van der Waals surface area contributed by atoms with Crippen LogP contribution >= 0.6 is 11.3 Å². The average molecular weight is 324 g/mol. The summed E-state index contributed by atoms with van der Waals surface area (Å²) < 4.78 is 40.5. The number of sulfonamides is 1. The van der Waals surface area contributed by atoms with Crippen LogP contribution in [0.4, 0.5) is 10.1 Å². The quantitative estimate of drug-likeness (QED) is 0.851. The molecule has 0 atom stereocenters. The Morgan fingerprint density at radius 3 is 2.67 bits per heavy atom. The molecule has 2 rings (SSSR count). The second-order valence-corrected chi connectivity index (χ2v) is 7.37. The minimum atomic E-state index is -3.69. The van der Waals surface area contributed by atoms with Crippen molar-refractivity contribution in [3.05, 3.63) is 46.6 Å². The largest absolute Gasteiger partial charge is 0.320 e. The Morgan fingerprint density at radius 1 is 1.33 bits per heavy atom. The summed E-state index contributed by atoms with van der Waals surface area (Å²) in [4.78, 5) is 0.883. The molecule has 4 nitrogen and oxygen atoms in total. The Labute approximate surface area is 126 Å². The molecule has 1 aromatic heterocycles. The SMILES string of the molecule is Cc1ccc(S(=O)(=O)Nc2ccc(C#CCN)c(F)c2)s1. The molecule has 0 aliphatic carbocycles. The number of halogens is 1. The minimum Gasteiger partial charge on any atom is -0.320 e. The molecule has 7 heteroatoms. The predicted octanol–water partition coefficient (Wildman–Crippen LogP) is 2.31. The number of aryl methyl sites for hydroxylation is 1. The third kappa shape index (κ3) is 3.82. The predicted molar refractivity (Wildman–Crippen MR) is 82.2 cm³/mol. The zero-order valence-corrected chi connectivity index (χ0v) is 12.8. The lowest BCUT2D eigenvalue weighted by Gasteiger charge is -2.06. The topological polar surface area (TPSA) is 72.2 Å². The molecule has 0 bridgehead atoms. The fourth-order valence-corrected chi connectivity index (χ4v) is 3.92. The first-order valence-electron chi connectivity index (χ1n) is 6.00. The van der Waals surface area contributed by atoms with Crippen LogP contribution in [0.15, 0.2) is 34.5 Å². The Kier molecular flexibility index (Phi) is 4.63. The number of benzene rings is 1. The highest BCUT2D eigenvalue weighted by molar-refractivity contribution is 7.94. The third-order valence-corrected chi connectivity index (χ3v) is 5.40. The van der Waals surface area contributed by atoms with Gasteiger partial charge in [0.25, 0.3) is 10.0 Å². The van der Waals surface area contributed by atoms with Gasteiger partial charge in [-0.15, -0.1) is 11.3 Å². The Hall–Kier alpha value is -1.88. The molecule has 0 amide bonds. The van der Waals surface area contributed by atoms with Crippen molar-refractivity contribution in [2.24, 2.45) is 5.73 Å². The van der Waals surface area contributed by atoms with Gasteiger partial charge in [-0.25, -0.2) is 12.8 Å². The van der Waals surface area contributed by atoms with Gasteiger partial charge in [-0.2, -0.15) is 0 Å². The van der Waals surface area contributed by atoms with Gasteiger partial charge in [-0.3, -0.25) is 4.72 Å². The van der Waals surface area contributed by atoms with E-state index in [9.17, 15) is 12.8 Å². The van der Waals surface area contributed by atoms with Gasteiger partial charge in [0.2, 0.25) is 0 Å². The van der Waals surface area contributed by atoms with Crippen molar-refractivity contribution in [3.8, 4) is 11.8 Å². The summed E-state index contributed by atoms with van der Waals surface area (Å²) in [5, 5.41) is 0. The van der Waals surface area contributed by atoms with Crippen molar-refractivity contribution in [2.75, 3.05) is 11.3 Å². The van der Waals surface area contributed by atoms with Crippen molar-refractivity contribution in [2.45, 2.75) is 11.1 Å². The molecule has 0 saturated heterocycles. The van der Waals surface area contributed by atoms with E-state index in [2.05, 4.69) is 16.6 Å². The van der Waals surface area contributed by atoms with Crippen LogP contribution in [-0.4, -0.2) is 15.0 Å². The monoisotopic (exact) mass is 324 g/mol. The molecule has 0 aliphatic heterocycles. The van der Waals surface area contributed by atoms with E-state index >= 15 is 0 Å². The van der Waals surface area contributed by atoms with Crippen LogP contribution in [0.1, 0.15) is 10.4 Å². The molecule has 0 fully saturated rings. The molecule has 0 spiro atoms. The summed E-state index contributed by atoms with van der Waals surface area (Å²) in [6, 6.07) is 7.20. The first kappa shape index (κ1) is 15.5. The van der Waals surface area contributed by atoms with Gasteiger partial charge < -0.3 is 5.73 Å². The summed E-state index contributed by atoms with van der Waals surface area (Å²) in [5.41, 5.74) is 5.55. The van der Waals surface area contributed by atoms with E-state index in [4.69, 9.17) is 5.73 Å². The normalized spacial score (nSPS) is 10.8. The van der Waals surface area contributed by atoms with Crippen LogP contribution in [0.5, 0.6) is 0 Å². The summed E-state index contributed by atoms with van der Waals surface area (Å²) >= 11 is 1.15. The van der Waals surface area contributed by atoms with Gasteiger partial charge in [-0.1, -0.05) is 11.8 Å². The second-order valence-electron chi connectivity index (χ2n) is 4.17. The standard InChI is InChI=1S/C14H13FN2O2S2/c1-10-4-7-14(20-10)21(18,19)17-12-6-5-11(3-2-8-16)13(15)9-12/h4-7,9,17H,8,16H2,1H3.